The Balaban J connectivity index is 2.16. The zero-order valence-corrected chi connectivity index (χ0v) is 13.5. The minimum atomic E-state index is 0.475. The second-order valence-corrected chi connectivity index (χ2v) is 5.33. The number of rotatable bonds is 7. The molecule has 1 aromatic heterocycles. The molecule has 1 heterocycles. The average molecular weight is 287 g/mol. The molecule has 21 heavy (non-hydrogen) atoms. The van der Waals surface area contributed by atoms with Gasteiger partial charge in [0.05, 0.1) is 12.3 Å². The number of benzene rings is 1. The SMILES string of the molecule is CCOc1ccc(C(CC)Cc2cn(CC)nn2)c(C)c1. The summed E-state index contributed by atoms with van der Waals surface area (Å²) in [5, 5.41) is 8.39. The van der Waals surface area contributed by atoms with E-state index in [0.717, 1.165) is 30.8 Å². The minimum Gasteiger partial charge on any atom is -0.494 e. The van der Waals surface area contributed by atoms with Gasteiger partial charge < -0.3 is 4.74 Å². The topological polar surface area (TPSA) is 39.9 Å². The smallest absolute Gasteiger partial charge is 0.119 e. The molecule has 0 aliphatic carbocycles. The Morgan fingerprint density at radius 2 is 2.05 bits per heavy atom. The molecule has 4 heteroatoms. The maximum Gasteiger partial charge on any atom is 0.119 e. The molecular formula is C17H25N3O. The van der Waals surface area contributed by atoms with E-state index in [1.807, 2.05) is 17.8 Å². The maximum atomic E-state index is 5.57. The Kier molecular flexibility index (Phi) is 5.37. The molecule has 0 amide bonds. The van der Waals surface area contributed by atoms with Gasteiger partial charge in [0, 0.05) is 12.7 Å². The van der Waals surface area contributed by atoms with Crippen LogP contribution >= 0.6 is 0 Å². The summed E-state index contributed by atoms with van der Waals surface area (Å²) in [6.45, 7) is 10.0. The van der Waals surface area contributed by atoms with Crippen molar-refractivity contribution in [1.29, 1.82) is 0 Å². The van der Waals surface area contributed by atoms with Crippen LogP contribution in [0.4, 0.5) is 0 Å². The van der Waals surface area contributed by atoms with Crippen molar-refractivity contribution in [1.82, 2.24) is 15.0 Å². The molecule has 1 atom stereocenters. The second-order valence-electron chi connectivity index (χ2n) is 5.33. The Labute approximate surface area is 127 Å². The molecule has 0 aliphatic heterocycles. The van der Waals surface area contributed by atoms with E-state index in [1.54, 1.807) is 0 Å². The van der Waals surface area contributed by atoms with E-state index in [2.05, 4.69) is 49.3 Å². The van der Waals surface area contributed by atoms with E-state index >= 15 is 0 Å². The summed E-state index contributed by atoms with van der Waals surface area (Å²) in [4.78, 5) is 0. The molecule has 0 saturated heterocycles. The van der Waals surface area contributed by atoms with Crippen molar-refractivity contribution in [2.24, 2.45) is 0 Å². The van der Waals surface area contributed by atoms with Crippen LogP contribution in [0, 0.1) is 6.92 Å². The van der Waals surface area contributed by atoms with E-state index < -0.39 is 0 Å². The molecule has 0 N–H and O–H groups in total. The number of hydrogen-bond acceptors (Lipinski definition) is 3. The molecule has 1 unspecified atom stereocenters. The number of nitrogens with zero attached hydrogens (tertiary/aromatic N) is 3. The van der Waals surface area contributed by atoms with Crippen LogP contribution in [0.2, 0.25) is 0 Å². The minimum absolute atomic E-state index is 0.475. The number of aryl methyl sites for hydroxylation is 2. The Morgan fingerprint density at radius 3 is 2.62 bits per heavy atom. The van der Waals surface area contributed by atoms with E-state index in [4.69, 9.17) is 4.74 Å². The van der Waals surface area contributed by atoms with Gasteiger partial charge in [-0.15, -0.1) is 5.10 Å². The quantitative estimate of drug-likeness (QED) is 0.778. The maximum absolute atomic E-state index is 5.57. The van der Waals surface area contributed by atoms with Crippen LogP contribution in [0.25, 0.3) is 0 Å². The average Bonchev–Trinajstić information content (AvgIpc) is 2.93. The first-order chi connectivity index (χ1) is 10.2. The summed E-state index contributed by atoms with van der Waals surface area (Å²) >= 11 is 0. The van der Waals surface area contributed by atoms with Gasteiger partial charge in [-0.2, -0.15) is 0 Å². The lowest BCUT2D eigenvalue weighted by Gasteiger charge is -2.17. The Bertz CT molecular complexity index is 577. The predicted molar refractivity (Wildman–Crippen MR) is 84.8 cm³/mol. The molecule has 0 aliphatic rings. The van der Waals surface area contributed by atoms with Crippen molar-refractivity contribution in [3.8, 4) is 5.75 Å². The third-order valence-corrected chi connectivity index (χ3v) is 3.85. The summed E-state index contributed by atoms with van der Waals surface area (Å²) in [6.07, 6.45) is 4.08. The Hall–Kier alpha value is -1.84. The zero-order chi connectivity index (χ0) is 15.2. The van der Waals surface area contributed by atoms with Crippen molar-refractivity contribution >= 4 is 0 Å². The first-order valence-electron chi connectivity index (χ1n) is 7.80. The molecule has 2 aromatic rings. The van der Waals surface area contributed by atoms with Gasteiger partial charge in [0.1, 0.15) is 5.75 Å². The lowest BCUT2D eigenvalue weighted by Crippen LogP contribution is -2.05. The third kappa shape index (κ3) is 3.84. The number of aromatic nitrogens is 3. The largest absolute Gasteiger partial charge is 0.494 e. The highest BCUT2D eigenvalue weighted by Gasteiger charge is 2.15. The van der Waals surface area contributed by atoms with Crippen LogP contribution in [-0.2, 0) is 13.0 Å². The van der Waals surface area contributed by atoms with Crippen molar-refractivity contribution in [3.63, 3.8) is 0 Å². The van der Waals surface area contributed by atoms with Gasteiger partial charge >= 0.3 is 0 Å². The first kappa shape index (κ1) is 15.5. The first-order valence-corrected chi connectivity index (χ1v) is 7.80. The fourth-order valence-corrected chi connectivity index (χ4v) is 2.68. The van der Waals surface area contributed by atoms with E-state index in [9.17, 15) is 0 Å². The molecule has 0 spiro atoms. The van der Waals surface area contributed by atoms with Gasteiger partial charge in [0.25, 0.3) is 0 Å². The summed E-state index contributed by atoms with van der Waals surface area (Å²) in [7, 11) is 0. The fraction of sp³-hybridized carbons (Fsp3) is 0.529. The molecule has 4 nitrogen and oxygen atoms in total. The molecule has 114 valence electrons. The van der Waals surface area contributed by atoms with Gasteiger partial charge in [-0.1, -0.05) is 18.2 Å². The summed E-state index contributed by atoms with van der Waals surface area (Å²) in [5.41, 5.74) is 3.74. The van der Waals surface area contributed by atoms with Gasteiger partial charge in [0.2, 0.25) is 0 Å². The monoisotopic (exact) mass is 287 g/mol. The van der Waals surface area contributed by atoms with E-state index in [0.29, 0.717) is 12.5 Å². The molecule has 0 saturated carbocycles. The standard InChI is InChI=1S/C17H25N3O/c1-5-14(11-15-12-20(6-2)19-18-15)17-9-8-16(21-7-3)10-13(17)4/h8-10,12,14H,5-7,11H2,1-4H3. The van der Waals surface area contributed by atoms with Crippen LogP contribution in [0.15, 0.2) is 24.4 Å². The van der Waals surface area contributed by atoms with Gasteiger partial charge in [-0.25, -0.2) is 0 Å². The third-order valence-electron chi connectivity index (χ3n) is 3.85. The van der Waals surface area contributed by atoms with Crippen LogP contribution in [0.1, 0.15) is 49.9 Å². The second kappa shape index (κ2) is 7.25. The molecular weight excluding hydrogens is 262 g/mol. The van der Waals surface area contributed by atoms with Crippen molar-refractivity contribution in [2.45, 2.75) is 53.0 Å². The highest BCUT2D eigenvalue weighted by atomic mass is 16.5. The lowest BCUT2D eigenvalue weighted by atomic mass is 9.89. The van der Waals surface area contributed by atoms with Crippen molar-refractivity contribution in [3.05, 3.63) is 41.2 Å². The number of hydrogen-bond donors (Lipinski definition) is 0. The van der Waals surface area contributed by atoms with E-state index in [-0.39, 0.29) is 0 Å². The fourth-order valence-electron chi connectivity index (χ4n) is 2.68. The van der Waals surface area contributed by atoms with Crippen LogP contribution in [0.3, 0.4) is 0 Å². The molecule has 1 aromatic carbocycles. The Morgan fingerprint density at radius 1 is 1.24 bits per heavy atom. The van der Waals surface area contributed by atoms with Gasteiger partial charge in [-0.3, -0.25) is 4.68 Å². The zero-order valence-electron chi connectivity index (χ0n) is 13.5. The summed E-state index contributed by atoms with van der Waals surface area (Å²) in [5.74, 6) is 1.42. The highest BCUT2D eigenvalue weighted by molar-refractivity contribution is 5.37. The van der Waals surface area contributed by atoms with Crippen LogP contribution in [-0.4, -0.2) is 21.6 Å². The van der Waals surface area contributed by atoms with Crippen LogP contribution < -0.4 is 4.74 Å². The van der Waals surface area contributed by atoms with E-state index in [1.165, 1.54) is 11.1 Å². The summed E-state index contributed by atoms with van der Waals surface area (Å²) in [6, 6.07) is 6.39. The summed E-state index contributed by atoms with van der Waals surface area (Å²) < 4.78 is 7.45. The lowest BCUT2D eigenvalue weighted by molar-refractivity contribution is 0.340. The normalized spacial score (nSPS) is 12.4. The molecule has 0 fully saturated rings. The van der Waals surface area contributed by atoms with Crippen molar-refractivity contribution in [2.75, 3.05) is 6.61 Å². The van der Waals surface area contributed by atoms with Crippen molar-refractivity contribution < 1.29 is 4.74 Å². The highest BCUT2D eigenvalue weighted by Crippen LogP contribution is 2.28. The molecule has 0 bridgehead atoms. The van der Waals surface area contributed by atoms with Crippen LogP contribution in [0.5, 0.6) is 5.75 Å². The number of ether oxygens (including phenoxy) is 1. The molecule has 0 radical (unpaired) electrons. The molecule has 2 rings (SSSR count). The van der Waals surface area contributed by atoms with Gasteiger partial charge in [-0.05, 0) is 62.8 Å². The predicted octanol–water partition coefficient (Wildman–Crippen LogP) is 3.74. The van der Waals surface area contributed by atoms with Gasteiger partial charge in [0.15, 0.2) is 0 Å².